The molecule has 0 saturated carbocycles. The van der Waals surface area contributed by atoms with Gasteiger partial charge in [-0.1, -0.05) is 0 Å². The summed E-state index contributed by atoms with van der Waals surface area (Å²) < 4.78 is 13.0. The Morgan fingerprint density at radius 2 is 2.00 bits per heavy atom. The molecule has 0 aromatic heterocycles. The highest BCUT2D eigenvalue weighted by atomic mass is 35.5. The van der Waals surface area contributed by atoms with Gasteiger partial charge in [0.25, 0.3) is 5.91 Å². The molecule has 1 aromatic rings. The van der Waals surface area contributed by atoms with Crippen molar-refractivity contribution in [2.75, 3.05) is 20.1 Å². The zero-order valence-corrected chi connectivity index (χ0v) is 12.1. The van der Waals surface area contributed by atoms with Gasteiger partial charge in [0.15, 0.2) is 0 Å². The maximum Gasteiger partial charge on any atom is 0.254 e. The molecule has 106 valence electrons. The summed E-state index contributed by atoms with van der Waals surface area (Å²) in [4.78, 5) is 14.2. The van der Waals surface area contributed by atoms with Gasteiger partial charge in [-0.2, -0.15) is 0 Å². The summed E-state index contributed by atoms with van der Waals surface area (Å²) in [6.07, 6.45) is 1.95. The number of nitrogens with zero attached hydrogens (tertiary/aromatic N) is 1. The first-order chi connectivity index (χ1) is 8.61. The third-order valence-electron chi connectivity index (χ3n) is 3.61. The number of carbonyl (C=O) groups is 1. The molecule has 19 heavy (non-hydrogen) atoms. The lowest BCUT2D eigenvalue weighted by Crippen LogP contribution is -2.44. The van der Waals surface area contributed by atoms with Crippen molar-refractivity contribution in [3.8, 4) is 0 Å². The van der Waals surface area contributed by atoms with Gasteiger partial charge in [0.05, 0.1) is 0 Å². The second-order valence-corrected chi connectivity index (χ2v) is 4.81. The molecule has 0 radical (unpaired) electrons. The number of hydrogen-bond acceptors (Lipinski definition) is 2. The molecule has 1 heterocycles. The van der Waals surface area contributed by atoms with Crippen LogP contribution in [0.4, 0.5) is 4.39 Å². The Bertz CT molecular complexity index is 445. The van der Waals surface area contributed by atoms with Gasteiger partial charge in [-0.05, 0) is 50.6 Å². The average molecular weight is 287 g/mol. The highest BCUT2D eigenvalue weighted by Gasteiger charge is 2.23. The van der Waals surface area contributed by atoms with E-state index < -0.39 is 0 Å². The highest BCUT2D eigenvalue weighted by Crippen LogP contribution is 2.17. The fraction of sp³-hybridized carbons (Fsp3) is 0.500. The predicted octanol–water partition coefficient (Wildman–Crippen LogP) is 2.38. The number of amides is 1. The Morgan fingerprint density at radius 1 is 1.37 bits per heavy atom. The van der Waals surface area contributed by atoms with Crippen LogP contribution in [0.3, 0.4) is 0 Å². The van der Waals surface area contributed by atoms with E-state index >= 15 is 0 Å². The number of nitrogens with one attached hydrogen (secondary N) is 1. The topological polar surface area (TPSA) is 32.3 Å². The molecule has 0 bridgehead atoms. The first-order valence-corrected chi connectivity index (χ1v) is 6.34. The summed E-state index contributed by atoms with van der Waals surface area (Å²) in [6.45, 7) is 3.30. The van der Waals surface area contributed by atoms with Crippen molar-refractivity contribution < 1.29 is 9.18 Å². The summed E-state index contributed by atoms with van der Waals surface area (Å²) in [5, 5.41) is 3.23. The maximum atomic E-state index is 13.0. The van der Waals surface area contributed by atoms with Crippen LogP contribution in [0.1, 0.15) is 28.8 Å². The Labute approximate surface area is 119 Å². The summed E-state index contributed by atoms with van der Waals surface area (Å²) in [5.74, 6) is -0.278. The van der Waals surface area contributed by atoms with Gasteiger partial charge in [0.1, 0.15) is 5.82 Å². The van der Waals surface area contributed by atoms with E-state index in [9.17, 15) is 9.18 Å². The monoisotopic (exact) mass is 286 g/mol. The number of likely N-dealkylation sites (tertiary alicyclic amines) is 1. The number of halogens is 2. The van der Waals surface area contributed by atoms with Crippen LogP contribution < -0.4 is 5.32 Å². The fourth-order valence-corrected chi connectivity index (χ4v) is 2.41. The third-order valence-corrected chi connectivity index (χ3v) is 3.61. The molecule has 2 rings (SSSR count). The van der Waals surface area contributed by atoms with Crippen molar-refractivity contribution in [3.05, 3.63) is 35.1 Å². The van der Waals surface area contributed by atoms with Crippen LogP contribution in [0.2, 0.25) is 0 Å². The van der Waals surface area contributed by atoms with Gasteiger partial charge < -0.3 is 10.2 Å². The van der Waals surface area contributed by atoms with Gasteiger partial charge in [-0.25, -0.2) is 4.39 Å². The van der Waals surface area contributed by atoms with E-state index in [4.69, 9.17) is 0 Å². The molecule has 1 aromatic carbocycles. The van der Waals surface area contributed by atoms with Crippen LogP contribution in [0, 0.1) is 12.7 Å². The standard InChI is InChI=1S/C14H19FN2O.ClH/c1-10-9-11(15)3-4-13(10)14(18)17-7-5-12(16-2)6-8-17;/h3-4,9,12,16H,5-8H2,1-2H3;1H. The zero-order valence-electron chi connectivity index (χ0n) is 11.3. The fourth-order valence-electron chi connectivity index (χ4n) is 2.41. The van der Waals surface area contributed by atoms with E-state index in [1.165, 1.54) is 12.1 Å². The largest absolute Gasteiger partial charge is 0.339 e. The van der Waals surface area contributed by atoms with Gasteiger partial charge in [0.2, 0.25) is 0 Å². The van der Waals surface area contributed by atoms with Crippen molar-refractivity contribution in [1.82, 2.24) is 10.2 Å². The third kappa shape index (κ3) is 3.67. The molecule has 0 spiro atoms. The molecular weight excluding hydrogens is 267 g/mol. The number of rotatable bonds is 2. The van der Waals surface area contributed by atoms with Crippen LogP contribution in [0.5, 0.6) is 0 Å². The lowest BCUT2D eigenvalue weighted by atomic mass is 10.0. The minimum atomic E-state index is -0.294. The normalized spacial score (nSPS) is 16.1. The van der Waals surface area contributed by atoms with Crippen molar-refractivity contribution in [3.63, 3.8) is 0 Å². The summed E-state index contributed by atoms with van der Waals surface area (Å²) in [7, 11) is 1.95. The number of piperidine rings is 1. The van der Waals surface area contributed by atoms with Crippen LogP contribution >= 0.6 is 12.4 Å². The van der Waals surface area contributed by atoms with Gasteiger partial charge in [0, 0.05) is 24.7 Å². The van der Waals surface area contributed by atoms with Crippen molar-refractivity contribution >= 4 is 18.3 Å². The molecule has 0 atom stereocenters. The molecular formula is C14H20ClFN2O. The van der Waals surface area contributed by atoms with E-state index in [2.05, 4.69) is 5.32 Å². The lowest BCUT2D eigenvalue weighted by Gasteiger charge is -2.32. The number of hydrogen-bond donors (Lipinski definition) is 1. The summed E-state index contributed by atoms with van der Waals surface area (Å²) >= 11 is 0. The maximum absolute atomic E-state index is 13.0. The average Bonchev–Trinajstić information content (AvgIpc) is 2.38. The molecule has 1 N–H and O–H groups in total. The van der Waals surface area contributed by atoms with Crippen LogP contribution in [0.25, 0.3) is 0 Å². The van der Waals surface area contributed by atoms with Gasteiger partial charge in [-0.3, -0.25) is 4.79 Å². The minimum Gasteiger partial charge on any atom is -0.339 e. The van der Waals surface area contributed by atoms with Crippen molar-refractivity contribution in [2.45, 2.75) is 25.8 Å². The molecule has 1 aliphatic rings. The molecule has 1 fully saturated rings. The SMILES string of the molecule is CNC1CCN(C(=O)c2ccc(F)cc2C)CC1.Cl. The van der Waals surface area contributed by atoms with Crippen LogP contribution in [-0.2, 0) is 0 Å². The molecule has 0 aliphatic carbocycles. The predicted molar refractivity (Wildman–Crippen MR) is 76.4 cm³/mol. The van der Waals surface area contributed by atoms with E-state index in [0.29, 0.717) is 17.2 Å². The molecule has 1 amide bonds. The Hall–Kier alpha value is -1.13. The molecule has 0 unspecified atom stereocenters. The second-order valence-electron chi connectivity index (χ2n) is 4.81. The first kappa shape index (κ1) is 15.9. The number of carbonyl (C=O) groups excluding carboxylic acids is 1. The van der Waals surface area contributed by atoms with Gasteiger partial charge >= 0.3 is 0 Å². The molecule has 5 heteroatoms. The summed E-state index contributed by atoms with van der Waals surface area (Å²) in [5.41, 5.74) is 1.31. The van der Waals surface area contributed by atoms with Crippen molar-refractivity contribution in [1.29, 1.82) is 0 Å². The molecule has 1 saturated heterocycles. The van der Waals surface area contributed by atoms with Crippen LogP contribution in [0.15, 0.2) is 18.2 Å². The lowest BCUT2D eigenvalue weighted by molar-refractivity contribution is 0.0706. The second kappa shape index (κ2) is 6.87. The van der Waals surface area contributed by atoms with Gasteiger partial charge in [-0.15, -0.1) is 12.4 Å². The van der Waals surface area contributed by atoms with E-state index in [1.807, 2.05) is 11.9 Å². The Kier molecular flexibility index (Phi) is 5.76. The summed E-state index contributed by atoms with van der Waals surface area (Å²) in [6, 6.07) is 4.84. The van der Waals surface area contributed by atoms with E-state index in [1.54, 1.807) is 13.0 Å². The zero-order chi connectivity index (χ0) is 13.1. The molecule has 3 nitrogen and oxygen atoms in total. The first-order valence-electron chi connectivity index (χ1n) is 6.34. The smallest absolute Gasteiger partial charge is 0.254 e. The van der Waals surface area contributed by atoms with Crippen molar-refractivity contribution in [2.24, 2.45) is 0 Å². The van der Waals surface area contributed by atoms with E-state index in [0.717, 1.165) is 25.9 Å². The Balaban J connectivity index is 0.00000180. The van der Waals surface area contributed by atoms with Crippen LogP contribution in [-0.4, -0.2) is 37.0 Å². The van der Waals surface area contributed by atoms with E-state index in [-0.39, 0.29) is 24.1 Å². The number of benzene rings is 1. The number of aryl methyl sites for hydroxylation is 1. The molecule has 1 aliphatic heterocycles. The Morgan fingerprint density at radius 3 is 2.53 bits per heavy atom. The minimum absolute atomic E-state index is 0. The quantitative estimate of drug-likeness (QED) is 0.905. The highest BCUT2D eigenvalue weighted by molar-refractivity contribution is 5.95.